The summed E-state index contributed by atoms with van der Waals surface area (Å²) in [5.41, 5.74) is 4.58. The number of esters is 1. The number of nitrogens with two attached hydrogens (primary N) is 1. The third-order valence-electron chi connectivity index (χ3n) is 4.97. The van der Waals surface area contributed by atoms with Gasteiger partial charge in [-0.3, -0.25) is 10.1 Å². The first-order valence-electron chi connectivity index (χ1n) is 9.76. The molecule has 2 aromatic heterocycles. The van der Waals surface area contributed by atoms with Crippen molar-refractivity contribution in [1.29, 1.82) is 5.26 Å². The average Bonchev–Trinajstić information content (AvgIpc) is 3.27. The van der Waals surface area contributed by atoms with Gasteiger partial charge in [0.15, 0.2) is 5.82 Å². The van der Waals surface area contributed by atoms with Gasteiger partial charge in [0.1, 0.15) is 42.3 Å². The van der Waals surface area contributed by atoms with E-state index in [1.165, 1.54) is 16.9 Å². The summed E-state index contributed by atoms with van der Waals surface area (Å²) in [6.07, 6.45) is -2.97. The quantitative estimate of drug-likeness (QED) is 0.229. The number of aliphatic hydroxyl groups excluding tert-OH is 2. The van der Waals surface area contributed by atoms with Crippen LogP contribution in [-0.2, 0) is 24.6 Å². The van der Waals surface area contributed by atoms with Gasteiger partial charge in [0.2, 0.25) is 5.60 Å². The van der Waals surface area contributed by atoms with Crippen LogP contribution in [0.15, 0.2) is 18.5 Å². The molecule has 0 unspecified atom stereocenters. The number of nitriles is 1. The smallest absolute Gasteiger partial charge is 0.323 e. The highest BCUT2D eigenvalue weighted by atomic mass is 16.6. The molecule has 31 heavy (non-hydrogen) atoms. The summed E-state index contributed by atoms with van der Waals surface area (Å²) in [7, 11) is 0. The van der Waals surface area contributed by atoms with Gasteiger partial charge in [0.05, 0.1) is 25.1 Å². The van der Waals surface area contributed by atoms with Gasteiger partial charge in [0.25, 0.3) is 0 Å². The third-order valence-corrected chi connectivity index (χ3v) is 4.97. The number of carbonyl (C=O) groups excluding carboxylic acids is 1. The highest BCUT2D eigenvalue weighted by Crippen LogP contribution is 2.40. The molecule has 2 aromatic rings. The van der Waals surface area contributed by atoms with Crippen LogP contribution in [0.5, 0.6) is 0 Å². The predicted molar refractivity (Wildman–Crippen MR) is 106 cm³/mol. The van der Waals surface area contributed by atoms with Crippen molar-refractivity contribution >= 4 is 17.3 Å². The first-order chi connectivity index (χ1) is 14.7. The van der Waals surface area contributed by atoms with Crippen LogP contribution in [0.3, 0.4) is 0 Å². The lowest BCUT2D eigenvalue weighted by Crippen LogP contribution is -2.41. The molecular weight excluding hydrogens is 408 g/mol. The number of nitrogens with one attached hydrogen (secondary N) is 1. The molecule has 5 atom stereocenters. The second-order valence-corrected chi connectivity index (χ2v) is 7.53. The number of rotatable bonds is 8. The Morgan fingerprint density at radius 2 is 2.19 bits per heavy atom. The van der Waals surface area contributed by atoms with Gasteiger partial charge in [0, 0.05) is 0 Å². The fraction of sp³-hybridized carbons (Fsp3) is 0.579. The number of hydrogen-bond donors (Lipinski definition) is 4. The molecule has 3 rings (SSSR count). The summed E-state index contributed by atoms with van der Waals surface area (Å²) in [6, 6.07) is 4.49. The number of fused-ring (bicyclic) bond motifs is 1. The fourth-order valence-corrected chi connectivity index (χ4v) is 3.33. The first kappa shape index (κ1) is 22.9. The molecule has 0 aromatic carbocycles. The summed E-state index contributed by atoms with van der Waals surface area (Å²) >= 11 is 0. The molecule has 12 heteroatoms. The first-order valence-corrected chi connectivity index (χ1v) is 9.76. The Kier molecular flexibility index (Phi) is 6.73. The molecule has 1 fully saturated rings. The molecule has 3 heterocycles. The normalized spacial score (nSPS) is 26.8. The zero-order valence-corrected chi connectivity index (χ0v) is 17.4. The van der Waals surface area contributed by atoms with Crippen molar-refractivity contribution in [1.82, 2.24) is 19.9 Å². The summed E-state index contributed by atoms with van der Waals surface area (Å²) in [5, 5.41) is 37.9. The highest BCUT2D eigenvalue weighted by Gasteiger charge is 2.57. The van der Waals surface area contributed by atoms with Crippen LogP contribution in [-0.4, -0.2) is 74.6 Å². The van der Waals surface area contributed by atoms with E-state index in [1.807, 2.05) is 6.07 Å². The molecule has 1 aliphatic rings. The van der Waals surface area contributed by atoms with Gasteiger partial charge >= 0.3 is 5.97 Å². The van der Waals surface area contributed by atoms with E-state index in [1.54, 1.807) is 26.8 Å². The van der Waals surface area contributed by atoms with Crippen LogP contribution in [0.1, 0.15) is 26.5 Å². The maximum absolute atomic E-state index is 11.8. The SMILES string of the molecule is CC(C)OC(=O)[C@H](C)NCOC[C@H]1O[C@@](C#N)(c2ccc3c(N)ncnn23)[C@H](O)[C@@H]1O. The van der Waals surface area contributed by atoms with Gasteiger partial charge < -0.3 is 30.2 Å². The summed E-state index contributed by atoms with van der Waals surface area (Å²) in [4.78, 5) is 15.7. The van der Waals surface area contributed by atoms with Crippen molar-refractivity contribution in [2.75, 3.05) is 19.1 Å². The molecule has 5 N–H and O–H groups in total. The lowest BCUT2D eigenvalue weighted by Gasteiger charge is -2.24. The number of aliphatic hydroxyl groups is 2. The number of nitrogens with zero attached hydrogens (tertiary/aromatic N) is 4. The largest absolute Gasteiger partial charge is 0.462 e. The van der Waals surface area contributed by atoms with E-state index >= 15 is 0 Å². The number of nitrogen functional groups attached to an aromatic ring is 1. The third kappa shape index (κ3) is 4.32. The molecular formula is C19H26N6O6. The molecule has 1 saturated heterocycles. The van der Waals surface area contributed by atoms with Crippen LogP contribution in [0.2, 0.25) is 0 Å². The van der Waals surface area contributed by atoms with Gasteiger partial charge in [-0.15, -0.1) is 0 Å². The number of hydrogen-bond acceptors (Lipinski definition) is 11. The highest BCUT2D eigenvalue weighted by molar-refractivity contribution is 5.75. The second kappa shape index (κ2) is 9.13. The van der Waals surface area contributed by atoms with E-state index in [0.29, 0.717) is 5.52 Å². The van der Waals surface area contributed by atoms with Crippen LogP contribution in [0.4, 0.5) is 5.82 Å². The van der Waals surface area contributed by atoms with Crippen LogP contribution in [0.25, 0.3) is 5.52 Å². The number of carbonyl (C=O) groups is 1. The lowest BCUT2D eigenvalue weighted by atomic mass is 9.92. The maximum atomic E-state index is 11.8. The van der Waals surface area contributed by atoms with Crippen LogP contribution < -0.4 is 11.1 Å². The molecule has 1 aliphatic heterocycles. The molecule has 0 aliphatic carbocycles. The Labute approximate surface area is 178 Å². The Bertz CT molecular complexity index is 974. The molecule has 0 spiro atoms. The average molecular weight is 434 g/mol. The fourth-order valence-electron chi connectivity index (χ4n) is 3.33. The molecule has 12 nitrogen and oxygen atoms in total. The number of anilines is 1. The Hall–Kier alpha value is -2.82. The number of aromatic nitrogens is 3. The summed E-state index contributed by atoms with van der Waals surface area (Å²) in [5.74, 6) is -0.227. The van der Waals surface area contributed by atoms with Gasteiger partial charge in [-0.25, -0.2) is 9.50 Å². The minimum absolute atomic E-state index is 0.0333. The Morgan fingerprint density at radius 1 is 1.45 bits per heavy atom. The molecule has 168 valence electrons. The van der Waals surface area contributed by atoms with Gasteiger partial charge in [-0.2, -0.15) is 10.4 Å². The zero-order chi connectivity index (χ0) is 22.8. The van der Waals surface area contributed by atoms with Crippen molar-refractivity contribution in [2.24, 2.45) is 0 Å². The topological polar surface area (TPSA) is 177 Å². The van der Waals surface area contributed by atoms with E-state index in [0.717, 1.165) is 0 Å². The Morgan fingerprint density at radius 3 is 2.87 bits per heavy atom. The standard InChI is InChI=1S/C19H26N6O6/c1-10(2)30-18(28)11(3)23-9-29-6-13-15(26)16(27)19(7-20,31-13)14-5-4-12-17(21)22-8-24-25(12)14/h4-5,8,10-11,13,15-16,23,26-27H,6,9H2,1-3H3,(H2,21,22,24)/t11-,13+,15+,16+,19-/m0/s1. The Balaban J connectivity index is 1.67. The van der Waals surface area contributed by atoms with E-state index in [4.69, 9.17) is 19.9 Å². The second-order valence-electron chi connectivity index (χ2n) is 7.53. The van der Waals surface area contributed by atoms with Gasteiger partial charge in [-0.1, -0.05) is 0 Å². The van der Waals surface area contributed by atoms with E-state index in [9.17, 15) is 20.3 Å². The predicted octanol–water partition coefficient (Wildman–Crippen LogP) is -0.945. The number of ether oxygens (including phenoxy) is 3. The minimum Gasteiger partial charge on any atom is -0.462 e. The van der Waals surface area contributed by atoms with Gasteiger partial charge in [-0.05, 0) is 32.9 Å². The molecule has 0 saturated carbocycles. The van der Waals surface area contributed by atoms with Crippen LogP contribution >= 0.6 is 0 Å². The van der Waals surface area contributed by atoms with E-state index in [-0.39, 0.29) is 31.0 Å². The summed E-state index contributed by atoms with van der Waals surface area (Å²) in [6.45, 7) is 4.96. The minimum atomic E-state index is -1.89. The molecule has 0 bridgehead atoms. The molecule has 0 radical (unpaired) electrons. The van der Waals surface area contributed by atoms with Crippen LogP contribution in [0, 0.1) is 11.3 Å². The van der Waals surface area contributed by atoms with Crippen molar-refractivity contribution in [2.45, 2.75) is 56.8 Å². The van der Waals surface area contributed by atoms with Crippen molar-refractivity contribution in [3.63, 3.8) is 0 Å². The van der Waals surface area contributed by atoms with E-state index < -0.39 is 35.9 Å². The molecule has 0 amide bonds. The van der Waals surface area contributed by atoms with Crippen molar-refractivity contribution in [3.05, 3.63) is 24.2 Å². The van der Waals surface area contributed by atoms with E-state index in [2.05, 4.69) is 15.4 Å². The van der Waals surface area contributed by atoms with Crippen molar-refractivity contribution in [3.8, 4) is 6.07 Å². The summed E-state index contributed by atoms with van der Waals surface area (Å²) < 4.78 is 17.7. The lowest BCUT2D eigenvalue weighted by molar-refractivity contribution is -0.150. The monoisotopic (exact) mass is 434 g/mol. The zero-order valence-electron chi connectivity index (χ0n) is 17.4. The maximum Gasteiger partial charge on any atom is 0.323 e. The van der Waals surface area contributed by atoms with Crippen molar-refractivity contribution < 1.29 is 29.2 Å².